The Morgan fingerprint density at radius 3 is 2.73 bits per heavy atom. The van der Waals surface area contributed by atoms with Crippen molar-refractivity contribution < 1.29 is 19.1 Å². The zero-order valence-corrected chi connectivity index (χ0v) is 13.5. The number of rotatable bonds is 2. The largest absolute Gasteiger partial charge is 0.467 e. The summed E-state index contributed by atoms with van der Waals surface area (Å²) in [6.45, 7) is 4.86. The van der Waals surface area contributed by atoms with Gasteiger partial charge in [0.05, 0.1) is 19.7 Å². The minimum absolute atomic E-state index is 0.0803. The summed E-state index contributed by atoms with van der Waals surface area (Å²) in [6, 6.07) is -0.579. The van der Waals surface area contributed by atoms with E-state index in [-0.39, 0.29) is 30.4 Å². The van der Waals surface area contributed by atoms with Crippen LogP contribution in [0.15, 0.2) is 0 Å². The summed E-state index contributed by atoms with van der Waals surface area (Å²) >= 11 is 0. The van der Waals surface area contributed by atoms with Crippen molar-refractivity contribution in [1.82, 2.24) is 15.1 Å². The van der Waals surface area contributed by atoms with Crippen molar-refractivity contribution in [1.29, 1.82) is 0 Å². The van der Waals surface area contributed by atoms with Gasteiger partial charge in [0.2, 0.25) is 11.8 Å². The van der Waals surface area contributed by atoms with Gasteiger partial charge in [-0.05, 0) is 39.7 Å². The van der Waals surface area contributed by atoms with E-state index in [0.717, 1.165) is 25.8 Å². The van der Waals surface area contributed by atoms with E-state index in [9.17, 15) is 14.4 Å². The van der Waals surface area contributed by atoms with Gasteiger partial charge in [0.1, 0.15) is 6.04 Å². The Morgan fingerprint density at radius 1 is 1.32 bits per heavy atom. The molecule has 2 fully saturated rings. The number of esters is 1. The molecule has 0 aromatic rings. The van der Waals surface area contributed by atoms with Gasteiger partial charge in [-0.25, -0.2) is 4.79 Å². The number of nitrogens with zero attached hydrogens (tertiary/aromatic N) is 2. The minimum Gasteiger partial charge on any atom is -0.467 e. The standard InChI is InChI=1S/C15H25N3O4/c1-10-14(20)16-9-13(19)18(11(2)15(21)22-3)8-6-12-5-4-7-17(10)12/h10-12H,4-9H2,1-3H3,(H,16,20)/t10-,11-,12?/m0/s1. The van der Waals surface area contributed by atoms with Crippen LogP contribution in [-0.2, 0) is 19.1 Å². The summed E-state index contributed by atoms with van der Waals surface area (Å²) in [6.07, 6.45) is 2.85. The molecule has 124 valence electrons. The fourth-order valence-corrected chi connectivity index (χ4v) is 3.36. The Labute approximate surface area is 131 Å². The van der Waals surface area contributed by atoms with Crippen molar-refractivity contribution in [2.24, 2.45) is 0 Å². The molecule has 1 N–H and O–H groups in total. The Balaban J connectivity index is 2.16. The second-order valence-corrected chi connectivity index (χ2v) is 6.00. The van der Waals surface area contributed by atoms with Crippen molar-refractivity contribution in [3.8, 4) is 0 Å². The third-order valence-corrected chi connectivity index (χ3v) is 4.75. The number of nitrogens with one attached hydrogen (secondary N) is 1. The molecule has 0 spiro atoms. The summed E-state index contributed by atoms with van der Waals surface area (Å²) in [7, 11) is 1.31. The molecular formula is C15H25N3O4. The number of ether oxygens (including phenoxy) is 1. The number of hydrogen-bond acceptors (Lipinski definition) is 5. The predicted octanol–water partition coefficient (Wildman–Crippen LogP) is -0.251. The fourth-order valence-electron chi connectivity index (χ4n) is 3.36. The molecule has 3 atom stereocenters. The summed E-state index contributed by atoms with van der Waals surface area (Å²) < 4.78 is 4.74. The molecule has 1 unspecified atom stereocenters. The Bertz CT molecular complexity index is 454. The topological polar surface area (TPSA) is 79.0 Å². The summed E-state index contributed by atoms with van der Waals surface area (Å²) in [5, 5.41) is 2.68. The van der Waals surface area contributed by atoms with Crippen LogP contribution in [0.5, 0.6) is 0 Å². The first-order chi connectivity index (χ1) is 10.5. The first-order valence-corrected chi connectivity index (χ1v) is 7.86. The second kappa shape index (κ2) is 7.09. The molecule has 2 heterocycles. The van der Waals surface area contributed by atoms with Crippen LogP contribution < -0.4 is 5.32 Å². The Hall–Kier alpha value is -1.63. The number of carbonyl (C=O) groups is 3. The lowest BCUT2D eigenvalue weighted by Gasteiger charge is -2.35. The molecule has 0 aliphatic carbocycles. The van der Waals surface area contributed by atoms with Gasteiger partial charge in [0.25, 0.3) is 0 Å². The quantitative estimate of drug-likeness (QED) is 0.712. The first-order valence-electron chi connectivity index (χ1n) is 7.86. The van der Waals surface area contributed by atoms with E-state index < -0.39 is 12.0 Å². The summed E-state index contributed by atoms with van der Waals surface area (Å²) in [5.41, 5.74) is 0. The van der Waals surface area contributed by atoms with Crippen molar-refractivity contribution in [2.45, 2.75) is 51.2 Å². The van der Waals surface area contributed by atoms with Crippen LogP contribution in [0.4, 0.5) is 0 Å². The van der Waals surface area contributed by atoms with Gasteiger partial charge in [-0.1, -0.05) is 0 Å². The molecule has 2 aliphatic heterocycles. The van der Waals surface area contributed by atoms with E-state index in [4.69, 9.17) is 4.74 Å². The van der Waals surface area contributed by atoms with Gasteiger partial charge >= 0.3 is 5.97 Å². The maximum Gasteiger partial charge on any atom is 0.328 e. The van der Waals surface area contributed by atoms with Gasteiger partial charge in [-0.15, -0.1) is 0 Å². The average Bonchev–Trinajstić information content (AvgIpc) is 2.98. The molecule has 0 bridgehead atoms. The van der Waals surface area contributed by atoms with E-state index in [1.807, 2.05) is 6.92 Å². The van der Waals surface area contributed by atoms with Crippen molar-refractivity contribution >= 4 is 17.8 Å². The van der Waals surface area contributed by atoms with Gasteiger partial charge in [-0.3, -0.25) is 14.5 Å². The Kier molecular flexibility index (Phi) is 5.39. The lowest BCUT2D eigenvalue weighted by atomic mass is 10.1. The van der Waals surface area contributed by atoms with Gasteiger partial charge in [0.15, 0.2) is 0 Å². The predicted molar refractivity (Wildman–Crippen MR) is 80.0 cm³/mol. The SMILES string of the molecule is COC(=O)[C@H](C)N1CCC2CCCN2[C@@H](C)C(=O)NCC1=O. The molecule has 22 heavy (non-hydrogen) atoms. The van der Waals surface area contributed by atoms with Gasteiger partial charge in [0, 0.05) is 12.6 Å². The van der Waals surface area contributed by atoms with Crippen LogP contribution >= 0.6 is 0 Å². The van der Waals surface area contributed by atoms with Gasteiger partial charge in [-0.2, -0.15) is 0 Å². The van der Waals surface area contributed by atoms with Crippen LogP contribution in [0.2, 0.25) is 0 Å². The van der Waals surface area contributed by atoms with E-state index in [0.29, 0.717) is 6.54 Å². The normalized spacial score (nSPS) is 28.8. The number of fused-ring (bicyclic) bond motifs is 1. The van der Waals surface area contributed by atoms with Crippen LogP contribution in [0.25, 0.3) is 0 Å². The maximum atomic E-state index is 12.3. The maximum absolute atomic E-state index is 12.3. The fraction of sp³-hybridized carbons (Fsp3) is 0.800. The average molecular weight is 311 g/mol. The number of hydrogen-bond donors (Lipinski definition) is 1. The highest BCUT2D eigenvalue weighted by atomic mass is 16.5. The highest BCUT2D eigenvalue weighted by Gasteiger charge is 2.35. The van der Waals surface area contributed by atoms with Crippen LogP contribution in [-0.4, -0.2) is 72.5 Å². The third-order valence-electron chi connectivity index (χ3n) is 4.75. The number of methoxy groups -OCH3 is 1. The number of amides is 2. The molecular weight excluding hydrogens is 286 g/mol. The summed E-state index contributed by atoms with van der Waals surface area (Å²) in [4.78, 5) is 40.0. The molecule has 0 aromatic heterocycles. The molecule has 0 saturated carbocycles. The first kappa shape index (κ1) is 16.7. The van der Waals surface area contributed by atoms with Crippen molar-refractivity contribution in [3.05, 3.63) is 0 Å². The molecule has 2 rings (SSSR count). The summed E-state index contributed by atoms with van der Waals surface area (Å²) in [5.74, 6) is -0.814. The lowest BCUT2D eigenvalue weighted by molar-refractivity contribution is -0.152. The molecule has 2 aliphatic rings. The minimum atomic E-state index is -0.638. The zero-order chi connectivity index (χ0) is 16.3. The van der Waals surface area contributed by atoms with E-state index >= 15 is 0 Å². The molecule has 7 heteroatoms. The number of carbonyl (C=O) groups excluding carboxylic acids is 3. The van der Waals surface area contributed by atoms with Gasteiger partial charge < -0.3 is 15.0 Å². The van der Waals surface area contributed by atoms with E-state index in [1.54, 1.807) is 6.92 Å². The monoisotopic (exact) mass is 311 g/mol. The van der Waals surface area contributed by atoms with Crippen LogP contribution in [0.1, 0.15) is 33.1 Å². The Morgan fingerprint density at radius 2 is 2.05 bits per heavy atom. The van der Waals surface area contributed by atoms with Crippen molar-refractivity contribution in [2.75, 3.05) is 26.7 Å². The molecule has 0 aromatic carbocycles. The molecule has 7 nitrogen and oxygen atoms in total. The third kappa shape index (κ3) is 3.40. The van der Waals surface area contributed by atoms with Crippen molar-refractivity contribution in [3.63, 3.8) is 0 Å². The lowest BCUT2D eigenvalue weighted by Crippen LogP contribution is -2.54. The smallest absolute Gasteiger partial charge is 0.328 e. The van der Waals surface area contributed by atoms with Crippen LogP contribution in [0, 0.1) is 0 Å². The zero-order valence-electron chi connectivity index (χ0n) is 13.5. The van der Waals surface area contributed by atoms with E-state index in [1.165, 1.54) is 12.0 Å². The molecule has 2 saturated heterocycles. The molecule has 2 amide bonds. The molecule has 0 radical (unpaired) electrons. The van der Waals surface area contributed by atoms with E-state index in [2.05, 4.69) is 10.2 Å². The highest BCUT2D eigenvalue weighted by molar-refractivity contribution is 5.89. The van der Waals surface area contributed by atoms with Crippen LogP contribution in [0.3, 0.4) is 0 Å². The highest BCUT2D eigenvalue weighted by Crippen LogP contribution is 2.24. The second-order valence-electron chi connectivity index (χ2n) is 6.00.